The second-order valence-corrected chi connectivity index (χ2v) is 9.19. The summed E-state index contributed by atoms with van der Waals surface area (Å²) in [5.41, 5.74) is 0. The van der Waals surface area contributed by atoms with Crippen molar-refractivity contribution in [1.82, 2.24) is 14.2 Å². The van der Waals surface area contributed by atoms with Gasteiger partial charge in [0.2, 0.25) is 5.91 Å². The third-order valence-electron chi connectivity index (χ3n) is 2.79. The van der Waals surface area contributed by atoms with Crippen LogP contribution in [-0.4, -0.2) is 77.5 Å². The van der Waals surface area contributed by atoms with Crippen molar-refractivity contribution in [2.75, 3.05) is 42.3 Å². The first-order valence-electron chi connectivity index (χ1n) is 5.32. The number of rotatable bonds is 4. The van der Waals surface area contributed by atoms with Crippen molar-refractivity contribution >= 4 is 24.4 Å². The highest BCUT2D eigenvalue weighted by Gasteiger charge is 2.61. The molecule has 0 bridgehead atoms. The molecule has 0 aromatic heterocycles. The average molecular weight is 258 g/mol. The molecule has 16 heavy (non-hydrogen) atoms. The van der Waals surface area contributed by atoms with E-state index in [4.69, 9.17) is 0 Å². The molecule has 1 rings (SSSR count). The Hall–Kier alpha value is 0.0369. The topological polar surface area (TPSA) is 26.8 Å². The number of amides is 1. The summed E-state index contributed by atoms with van der Waals surface area (Å²) in [7, 11) is 15.3. The highest BCUT2D eigenvalue weighted by Crippen LogP contribution is 2.67. The molecule has 4 nitrogen and oxygen atoms in total. The molecule has 1 amide bonds. The van der Waals surface area contributed by atoms with E-state index in [9.17, 15) is 4.79 Å². The smallest absolute Gasteiger partial charge is 0.225 e. The molecule has 2 atom stereocenters. The maximum absolute atomic E-state index is 11.9. The van der Waals surface area contributed by atoms with Crippen LogP contribution in [0.25, 0.3) is 0 Å². The highest BCUT2D eigenvalue weighted by atomic mass is 31.1. The first-order chi connectivity index (χ1) is 7.21. The number of hydrogen-bond donors (Lipinski definition) is 0. The fourth-order valence-electron chi connectivity index (χ4n) is 2.15. The predicted octanol–water partition coefficient (Wildman–Crippen LogP) is 0.394. The summed E-state index contributed by atoms with van der Waals surface area (Å²) >= 11 is 0. The molecule has 1 fully saturated rings. The van der Waals surface area contributed by atoms with Crippen molar-refractivity contribution < 1.29 is 4.79 Å². The molecule has 0 N–H and O–H groups in total. The number of carbonyl (C=O) groups excluding carboxylic acids is 1. The lowest BCUT2D eigenvalue weighted by Gasteiger charge is -2.36. The van der Waals surface area contributed by atoms with Gasteiger partial charge in [-0.2, -0.15) is 0 Å². The normalized spacial score (nSPS) is 29.0. The minimum Gasteiger partial charge on any atom is -0.349 e. The Balaban J connectivity index is 2.78. The van der Waals surface area contributed by atoms with Crippen LogP contribution in [0.1, 0.15) is 6.42 Å². The molecule has 1 aliphatic rings. The van der Waals surface area contributed by atoms with E-state index in [1.54, 1.807) is 4.90 Å². The number of carbonyl (C=O) groups is 1. The van der Waals surface area contributed by atoms with Crippen molar-refractivity contribution in [1.29, 1.82) is 0 Å². The van der Waals surface area contributed by atoms with Gasteiger partial charge in [0.1, 0.15) is 0 Å². The maximum atomic E-state index is 11.9. The summed E-state index contributed by atoms with van der Waals surface area (Å²) in [5, 5.41) is 0. The fraction of sp³-hybridized carbons (Fsp3) is 0.900. The van der Waals surface area contributed by atoms with Crippen LogP contribution < -0.4 is 0 Å². The molecule has 0 aromatic rings. The van der Waals surface area contributed by atoms with Crippen molar-refractivity contribution in [3.8, 4) is 0 Å². The molecule has 91 valence electrons. The lowest BCUT2D eigenvalue weighted by Crippen LogP contribution is -2.33. The van der Waals surface area contributed by atoms with Gasteiger partial charge in [0.25, 0.3) is 0 Å². The molecule has 0 aromatic carbocycles. The van der Waals surface area contributed by atoms with E-state index >= 15 is 0 Å². The van der Waals surface area contributed by atoms with Crippen molar-refractivity contribution in [3.05, 3.63) is 0 Å². The molecule has 1 aliphatic carbocycles. The van der Waals surface area contributed by atoms with E-state index in [0.29, 0.717) is 0 Å². The standard InChI is InChI=1S/C10H21N3OPSi/c1-11(2)9(14)8-7-10(8,16)15(12(3)4)13(5)6/h8H,7H2,1-6H3/t8-,10-/m0/s1. The molecule has 0 heterocycles. The summed E-state index contributed by atoms with van der Waals surface area (Å²) in [5.74, 6) is 0.348. The number of hydrogen-bond acceptors (Lipinski definition) is 3. The zero-order valence-electron chi connectivity index (χ0n) is 11.0. The van der Waals surface area contributed by atoms with Crippen molar-refractivity contribution in [2.24, 2.45) is 5.92 Å². The zero-order chi connectivity index (χ0) is 12.7. The molecular formula is C10H21N3OPSi. The van der Waals surface area contributed by atoms with Crippen LogP contribution in [0.2, 0.25) is 0 Å². The van der Waals surface area contributed by atoms with E-state index in [1.807, 2.05) is 14.1 Å². The van der Waals surface area contributed by atoms with E-state index in [-0.39, 0.29) is 16.6 Å². The minimum atomic E-state index is -0.472. The molecule has 0 aliphatic heterocycles. The van der Waals surface area contributed by atoms with Crippen LogP contribution in [-0.2, 0) is 4.79 Å². The lowest BCUT2D eigenvalue weighted by molar-refractivity contribution is -0.130. The van der Waals surface area contributed by atoms with Gasteiger partial charge in [0.05, 0.1) is 0 Å². The van der Waals surface area contributed by atoms with Crippen LogP contribution in [0.5, 0.6) is 0 Å². The lowest BCUT2D eigenvalue weighted by atomic mass is 10.4. The SMILES string of the molecule is CN(C)C(=O)[C@@H]1C[C@@]1([Si])P(N(C)C)N(C)C. The average Bonchev–Trinajstić information content (AvgIpc) is 2.74. The molecular weight excluding hydrogens is 237 g/mol. The summed E-state index contributed by atoms with van der Waals surface area (Å²) < 4.78 is 4.39. The predicted molar refractivity (Wildman–Crippen MR) is 69.6 cm³/mol. The molecule has 3 radical (unpaired) electrons. The van der Waals surface area contributed by atoms with Crippen LogP contribution in [0.4, 0.5) is 0 Å². The first kappa shape index (κ1) is 14.1. The van der Waals surface area contributed by atoms with Gasteiger partial charge >= 0.3 is 0 Å². The van der Waals surface area contributed by atoms with Crippen molar-refractivity contribution in [3.63, 3.8) is 0 Å². The van der Waals surface area contributed by atoms with E-state index in [0.717, 1.165) is 6.42 Å². The summed E-state index contributed by atoms with van der Waals surface area (Å²) in [6.07, 6.45) is 0.933. The highest BCUT2D eigenvalue weighted by molar-refractivity contribution is 7.56. The van der Waals surface area contributed by atoms with Gasteiger partial charge in [-0.1, -0.05) is 0 Å². The Labute approximate surface area is 103 Å². The third-order valence-corrected chi connectivity index (χ3v) is 6.66. The Morgan fingerprint density at radius 2 is 1.62 bits per heavy atom. The molecule has 1 saturated carbocycles. The molecule has 6 heteroatoms. The van der Waals surface area contributed by atoms with Gasteiger partial charge in [-0.05, 0) is 34.6 Å². The Bertz CT molecular complexity index is 277. The largest absolute Gasteiger partial charge is 0.349 e. The molecule has 0 unspecified atom stereocenters. The summed E-state index contributed by atoms with van der Waals surface area (Å²) in [6, 6.07) is 0. The van der Waals surface area contributed by atoms with Crippen LogP contribution in [0, 0.1) is 5.92 Å². The molecule has 0 saturated heterocycles. The third kappa shape index (κ3) is 2.48. The van der Waals surface area contributed by atoms with Crippen LogP contribution in [0.15, 0.2) is 0 Å². The van der Waals surface area contributed by atoms with E-state index in [1.165, 1.54) is 0 Å². The summed E-state index contributed by atoms with van der Waals surface area (Å²) in [6.45, 7) is 0. The minimum absolute atomic E-state index is 0.0380. The Kier molecular flexibility index (Phi) is 4.16. The fourth-order valence-corrected chi connectivity index (χ4v) is 6.55. The monoisotopic (exact) mass is 258 g/mol. The Morgan fingerprint density at radius 3 is 1.94 bits per heavy atom. The van der Waals surface area contributed by atoms with E-state index < -0.39 is 8.22 Å². The van der Waals surface area contributed by atoms with Gasteiger partial charge < -0.3 is 4.90 Å². The number of nitrogens with zero attached hydrogens (tertiary/aromatic N) is 3. The quantitative estimate of drug-likeness (QED) is 0.539. The van der Waals surface area contributed by atoms with Gasteiger partial charge in [-0.15, -0.1) is 0 Å². The second kappa shape index (κ2) is 4.73. The van der Waals surface area contributed by atoms with E-state index in [2.05, 4.69) is 47.8 Å². The van der Waals surface area contributed by atoms with Crippen LogP contribution in [0.3, 0.4) is 0 Å². The summed E-state index contributed by atoms with van der Waals surface area (Å²) in [4.78, 5) is 13.6. The second-order valence-electron chi connectivity index (χ2n) is 4.90. The first-order valence-corrected chi connectivity index (χ1v) is 7.07. The van der Waals surface area contributed by atoms with Crippen molar-refractivity contribution in [2.45, 2.75) is 11.2 Å². The van der Waals surface area contributed by atoms with Gasteiger partial charge in [0, 0.05) is 43.3 Å². The van der Waals surface area contributed by atoms with Gasteiger partial charge in [-0.3, -0.25) is 14.1 Å². The Morgan fingerprint density at radius 1 is 1.19 bits per heavy atom. The maximum Gasteiger partial charge on any atom is 0.225 e. The van der Waals surface area contributed by atoms with Gasteiger partial charge in [0.15, 0.2) is 0 Å². The molecule has 0 spiro atoms. The van der Waals surface area contributed by atoms with Crippen LogP contribution >= 0.6 is 8.22 Å². The zero-order valence-corrected chi connectivity index (χ0v) is 12.9. The van der Waals surface area contributed by atoms with Gasteiger partial charge in [-0.25, -0.2) is 0 Å².